The molecule has 0 fully saturated rings. The number of amides is 1. The maximum absolute atomic E-state index is 12.0. The van der Waals surface area contributed by atoms with Crippen molar-refractivity contribution in [3.63, 3.8) is 0 Å². The number of halogens is 1. The number of hydrogen-bond donors (Lipinski definition) is 1. The Bertz CT molecular complexity index is 651. The van der Waals surface area contributed by atoms with Crippen LogP contribution in [0.3, 0.4) is 0 Å². The summed E-state index contributed by atoms with van der Waals surface area (Å²) >= 11 is 3.39. The van der Waals surface area contributed by atoms with E-state index in [1.807, 2.05) is 39.8 Å². The Labute approximate surface area is 141 Å². The first-order chi connectivity index (χ1) is 9.90. The third-order valence-electron chi connectivity index (χ3n) is 2.83. The van der Waals surface area contributed by atoms with E-state index in [1.165, 1.54) is 4.31 Å². The predicted octanol–water partition coefficient (Wildman–Crippen LogP) is 2.83. The highest BCUT2D eigenvalue weighted by molar-refractivity contribution is 9.10. The number of carbonyl (C=O) groups is 1. The van der Waals surface area contributed by atoms with Crippen LogP contribution in [0.5, 0.6) is 0 Å². The summed E-state index contributed by atoms with van der Waals surface area (Å²) in [7, 11) is -3.47. The SMILES string of the molecule is Cc1ccc(N(CCC(=O)NC(C)(C)C)S(C)(=O)=O)c(Br)c1. The minimum Gasteiger partial charge on any atom is -0.351 e. The van der Waals surface area contributed by atoms with Gasteiger partial charge in [-0.3, -0.25) is 9.10 Å². The predicted molar refractivity (Wildman–Crippen MR) is 93.6 cm³/mol. The molecule has 1 aromatic carbocycles. The van der Waals surface area contributed by atoms with Crippen LogP contribution in [-0.2, 0) is 14.8 Å². The summed E-state index contributed by atoms with van der Waals surface area (Å²) in [6, 6.07) is 5.43. The molecule has 0 saturated heterocycles. The summed E-state index contributed by atoms with van der Waals surface area (Å²) in [6.45, 7) is 7.68. The van der Waals surface area contributed by atoms with E-state index in [1.54, 1.807) is 6.07 Å². The molecule has 1 amide bonds. The monoisotopic (exact) mass is 390 g/mol. The molecule has 0 spiro atoms. The lowest BCUT2D eigenvalue weighted by atomic mass is 10.1. The fourth-order valence-corrected chi connectivity index (χ4v) is 3.73. The van der Waals surface area contributed by atoms with Gasteiger partial charge in [0, 0.05) is 23.0 Å². The molecule has 1 rings (SSSR count). The van der Waals surface area contributed by atoms with E-state index in [-0.39, 0.29) is 24.4 Å². The molecule has 7 heteroatoms. The number of nitrogens with one attached hydrogen (secondary N) is 1. The fourth-order valence-electron chi connectivity index (χ4n) is 1.96. The largest absolute Gasteiger partial charge is 0.351 e. The average Bonchev–Trinajstić information content (AvgIpc) is 2.27. The number of nitrogens with zero attached hydrogens (tertiary/aromatic N) is 1. The van der Waals surface area contributed by atoms with Gasteiger partial charge in [-0.1, -0.05) is 6.07 Å². The van der Waals surface area contributed by atoms with Gasteiger partial charge in [-0.05, 0) is 61.3 Å². The summed E-state index contributed by atoms with van der Waals surface area (Å²) in [6.07, 6.45) is 1.24. The van der Waals surface area contributed by atoms with Gasteiger partial charge >= 0.3 is 0 Å². The highest BCUT2D eigenvalue weighted by atomic mass is 79.9. The number of rotatable bonds is 5. The molecule has 5 nitrogen and oxygen atoms in total. The van der Waals surface area contributed by atoms with Crippen molar-refractivity contribution in [3.8, 4) is 0 Å². The zero-order valence-corrected chi connectivity index (χ0v) is 16.0. The molecular formula is C15H23BrN2O3S. The zero-order chi connectivity index (χ0) is 17.1. The van der Waals surface area contributed by atoms with E-state index < -0.39 is 10.0 Å². The molecule has 22 heavy (non-hydrogen) atoms. The Hall–Kier alpha value is -1.08. The van der Waals surface area contributed by atoms with Gasteiger partial charge in [0.15, 0.2) is 0 Å². The lowest BCUT2D eigenvalue weighted by Gasteiger charge is -2.25. The lowest BCUT2D eigenvalue weighted by Crippen LogP contribution is -2.42. The van der Waals surface area contributed by atoms with E-state index in [9.17, 15) is 13.2 Å². The lowest BCUT2D eigenvalue weighted by molar-refractivity contribution is -0.122. The third-order valence-corrected chi connectivity index (χ3v) is 4.64. The van der Waals surface area contributed by atoms with E-state index >= 15 is 0 Å². The fraction of sp³-hybridized carbons (Fsp3) is 0.533. The molecule has 0 unspecified atom stereocenters. The number of aryl methyl sites for hydroxylation is 1. The van der Waals surface area contributed by atoms with Crippen molar-refractivity contribution < 1.29 is 13.2 Å². The van der Waals surface area contributed by atoms with Gasteiger partial charge < -0.3 is 5.32 Å². The van der Waals surface area contributed by atoms with Crippen molar-refractivity contribution in [2.45, 2.75) is 39.7 Å². The van der Waals surface area contributed by atoms with Gasteiger partial charge in [0.05, 0.1) is 11.9 Å². The number of carbonyl (C=O) groups excluding carboxylic acids is 1. The maximum Gasteiger partial charge on any atom is 0.232 e. The average molecular weight is 391 g/mol. The van der Waals surface area contributed by atoms with Crippen LogP contribution < -0.4 is 9.62 Å². The van der Waals surface area contributed by atoms with Gasteiger partial charge in [-0.15, -0.1) is 0 Å². The van der Waals surface area contributed by atoms with Gasteiger partial charge in [0.2, 0.25) is 15.9 Å². The Morgan fingerprint density at radius 2 is 1.91 bits per heavy atom. The molecule has 0 aliphatic carbocycles. The van der Waals surface area contributed by atoms with Crippen molar-refractivity contribution >= 4 is 37.5 Å². The Kier molecular flexibility index (Phi) is 6.03. The minimum atomic E-state index is -3.47. The molecule has 0 saturated carbocycles. The maximum atomic E-state index is 12.0. The summed E-state index contributed by atoms with van der Waals surface area (Å²) < 4.78 is 26.0. The minimum absolute atomic E-state index is 0.0996. The van der Waals surface area contributed by atoms with Crippen LogP contribution in [0.4, 0.5) is 5.69 Å². The number of hydrogen-bond acceptors (Lipinski definition) is 3. The molecule has 0 radical (unpaired) electrons. The molecule has 0 aliphatic rings. The first-order valence-corrected chi connectivity index (χ1v) is 9.59. The smallest absolute Gasteiger partial charge is 0.232 e. The topological polar surface area (TPSA) is 66.5 Å². The van der Waals surface area contributed by atoms with Crippen LogP contribution in [0.2, 0.25) is 0 Å². The van der Waals surface area contributed by atoms with Crippen molar-refractivity contribution in [2.75, 3.05) is 17.1 Å². The van der Waals surface area contributed by atoms with Crippen molar-refractivity contribution in [1.29, 1.82) is 0 Å². The van der Waals surface area contributed by atoms with Crippen LogP contribution in [0.1, 0.15) is 32.8 Å². The van der Waals surface area contributed by atoms with Gasteiger partial charge in [0.1, 0.15) is 0 Å². The van der Waals surface area contributed by atoms with E-state index in [4.69, 9.17) is 0 Å². The summed E-state index contributed by atoms with van der Waals surface area (Å²) in [4.78, 5) is 11.9. The van der Waals surface area contributed by atoms with E-state index in [0.717, 1.165) is 11.8 Å². The van der Waals surface area contributed by atoms with Crippen LogP contribution in [0, 0.1) is 6.92 Å². The van der Waals surface area contributed by atoms with E-state index in [0.29, 0.717) is 10.2 Å². The highest BCUT2D eigenvalue weighted by Crippen LogP contribution is 2.29. The summed E-state index contributed by atoms with van der Waals surface area (Å²) in [5, 5.41) is 2.83. The first-order valence-electron chi connectivity index (χ1n) is 6.95. The molecule has 0 atom stereocenters. The number of anilines is 1. The molecule has 0 aliphatic heterocycles. The Morgan fingerprint density at radius 1 is 1.32 bits per heavy atom. The van der Waals surface area contributed by atoms with Gasteiger partial charge in [-0.25, -0.2) is 8.42 Å². The highest BCUT2D eigenvalue weighted by Gasteiger charge is 2.22. The normalized spacial score (nSPS) is 12.1. The molecule has 1 N–H and O–H groups in total. The van der Waals surface area contributed by atoms with Crippen LogP contribution >= 0.6 is 15.9 Å². The first kappa shape index (κ1) is 19.0. The molecule has 0 bridgehead atoms. The van der Waals surface area contributed by atoms with Crippen molar-refractivity contribution in [3.05, 3.63) is 28.2 Å². The Morgan fingerprint density at radius 3 is 2.36 bits per heavy atom. The van der Waals surface area contributed by atoms with Gasteiger partial charge in [-0.2, -0.15) is 0 Å². The molecule has 0 aromatic heterocycles. The Balaban J connectivity index is 2.95. The van der Waals surface area contributed by atoms with Crippen LogP contribution in [0.25, 0.3) is 0 Å². The van der Waals surface area contributed by atoms with Crippen LogP contribution in [0.15, 0.2) is 22.7 Å². The third kappa shape index (κ3) is 5.96. The molecule has 1 aromatic rings. The molecular weight excluding hydrogens is 368 g/mol. The van der Waals surface area contributed by atoms with Gasteiger partial charge in [0.25, 0.3) is 0 Å². The van der Waals surface area contributed by atoms with Crippen molar-refractivity contribution in [1.82, 2.24) is 5.32 Å². The molecule has 124 valence electrons. The number of benzene rings is 1. The summed E-state index contributed by atoms with van der Waals surface area (Å²) in [5.74, 6) is -0.176. The second-order valence-corrected chi connectivity index (χ2v) is 9.10. The zero-order valence-electron chi connectivity index (χ0n) is 13.6. The van der Waals surface area contributed by atoms with E-state index in [2.05, 4.69) is 21.2 Å². The van der Waals surface area contributed by atoms with Crippen LogP contribution in [-0.4, -0.2) is 32.7 Å². The summed E-state index contributed by atoms with van der Waals surface area (Å²) in [5.41, 5.74) is 1.23. The number of sulfonamides is 1. The standard InChI is InChI=1S/C15H23BrN2O3S/c1-11-6-7-13(12(16)10-11)18(22(5,20)21)9-8-14(19)17-15(2,3)4/h6-7,10H,8-9H2,1-5H3,(H,17,19). The second-order valence-electron chi connectivity index (χ2n) is 6.34. The quantitative estimate of drug-likeness (QED) is 0.840. The van der Waals surface area contributed by atoms with Crippen molar-refractivity contribution in [2.24, 2.45) is 0 Å². The second kappa shape index (κ2) is 7.00. The molecule has 0 heterocycles.